The van der Waals surface area contributed by atoms with E-state index in [-0.39, 0.29) is 0 Å². The Kier molecular flexibility index (Phi) is 1.52. The van der Waals surface area contributed by atoms with Crippen molar-refractivity contribution >= 4 is 0 Å². The molecular formula is C9H17NO. The molecule has 11 heavy (non-hydrogen) atoms. The lowest BCUT2D eigenvalue weighted by atomic mass is 9.72. The minimum Gasteiger partial charge on any atom is -0.377 e. The van der Waals surface area contributed by atoms with Crippen molar-refractivity contribution in [2.24, 2.45) is 5.41 Å². The standard InChI is InChI=1S/C9H17NO/c1-8(2)3-4-10-9(5-8)6-11-7-9/h10H,3-7H2,1-2H3. The molecule has 0 atom stereocenters. The van der Waals surface area contributed by atoms with E-state index in [9.17, 15) is 0 Å². The second-order valence-corrected chi connectivity index (χ2v) is 4.79. The van der Waals surface area contributed by atoms with Gasteiger partial charge < -0.3 is 10.1 Å². The Balaban J connectivity index is 2.03. The van der Waals surface area contributed by atoms with E-state index in [1.807, 2.05) is 0 Å². The third-order valence-corrected chi connectivity index (χ3v) is 2.88. The van der Waals surface area contributed by atoms with Crippen molar-refractivity contribution in [2.45, 2.75) is 32.2 Å². The topological polar surface area (TPSA) is 21.3 Å². The Bertz CT molecular complexity index is 161. The molecule has 0 bridgehead atoms. The smallest absolute Gasteiger partial charge is 0.0672 e. The maximum Gasteiger partial charge on any atom is 0.0672 e. The number of rotatable bonds is 0. The molecule has 0 saturated carbocycles. The molecule has 64 valence electrons. The Morgan fingerprint density at radius 2 is 2.00 bits per heavy atom. The molecule has 2 heteroatoms. The van der Waals surface area contributed by atoms with E-state index in [1.165, 1.54) is 12.8 Å². The van der Waals surface area contributed by atoms with Gasteiger partial charge in [0.15, 0.2) is 0 Å². The number of nitrogens with one attached hydrogen (secondary N) is 1. The van der Waals surface area contributed by atoms with Gasteiger partial charge in [0, 0.05) is 0 Å². The average Bonchev–Trinajstić information content (AvgIpc) is 1.82. The highest BCUT2D eigenvalue weighted by molar-refractivity contribution is 5.01. The van der Waals surface area contributed by atoms with Gasteiger partial charge in [-0.3, -0.25) is 0 Å². The van der Waals surface area contributed by atoms with E-state index in [2.05, 4.69) is 19.2 Å². The number of ether oxygens (including phenoxy) is 1. The summed E-state index contributed by atoms with van der Waals surface area (Å²) in [5.41, 5.74) is 0.886. The van der Waals surface area contributed by atoms with Crippen molar-refractivity contribution in [3.8, 4) is 0 Å². The largest absolute Gasteiger partial charge is 0.377 e. The van der Waals surface area contributed by atoms with Crippen LogP contribution in [0.4, 0.5) is 0 Å². The summed E-state index contributed by atoms with van der Waals surface area (Å²) < 4.78 is 5.25. The second-order valence-electron chi connectivity index (χ2n) is 4.79. The summed E-state index contributed by atoms with van der Waals surface area (Å²) in [6.07, 6.45) is 2.58. The van der Waals surface area contributed by atoms with Crippen LogP contribution in [0.1, 0.15) is 26.7 Å². The van der Waals surface area contributed by atoms with Gasteiger partial charge in [0.25, 0.3) is 0 Å². The zero-order chi connectivity index (χ0) is 7.95. The molecule has 2 nitrogen and oxygen atoms in total. The van der Waals surface area contributed by atoms with Gasteiger partial charge in [-0.15, -0.1) is 0 Å². The lowest BCUT2D eigenvalue weighted by molar-refractivity contribution is -0.106. The number of hydrogen-bond acceptors (Lipinski definition) is 2. The first kappa shape index (κ1) is 7.56. The Morgan fingerprint density at radius 1 is 1.27 bits per heavy atom. The Labute approximate surface area is 68.3 Å². The van der Waals surface area contributed by atoms with Gasteiger partial charge in [0.1, 0.15) is 0 Å². The van der Waals surface area contributed by atoms with Crippen molar-refractivity contribution in [2.75, 3.05) is 19.8 Å². The van der Waals surface area contributed by atoms with Crippen LogP contribution in [0.3, 0.4) is 0 Å². The molecule has 2 aliphatic heterocycles. The maximum absolute atomic E-state index is 5.25. The maximum atomic E-state index is 5.25. The zero-order valence-electron chi connectivity index (χ0n) is 7.44. The van der Waals surface area contributed by atoms with Gasteiger partial charge in [-0.25, -0.2) is 0 Å². The number of hydrogen-bond donors (Lipinski definition) is 1. The van der Waals surface area contributed by atoms with Gasteiger partial charge in [-0.05, 0) is 24.8 Å². The Morgan fingerprint density at radius 3 is 2.36 bits per heavy atom. The molecule has 0 aromatic rings. The Hall–Kier alpha value is -0.0800. The molecule has 2 saturated heterocycles. The lowest BCUT2D eigenvalue weighted by Crippen LogP contribution is -2.65. The van der Waals surface area contributed by atoms with Crippen LogP contribution in [0, 0.1) is 5.41 Å². The highest BCUT2D eigenvalue weighted by atomic mass is 16.5. The predicted molar refractivity (Wildman–Crippen MR) is 44.6 cm³/mol. The van der Waals surface area contributed by atoms with Crippen molar-refractivity contribution in [1.82, 2.24) is 5.32 Å². The van der Waals surface area contributed by atoms with Gasteiger partial charge in [0.2, 0.25) is 0 Å². The third kappa shape index (κ3) is 1.30. The molecule has 0 aromatic heterocycles. The van der Waals surface area contributed by atoms with Crippen LogP contribution in [-0.4, -0.2) is 25.3 Å². The summed E-state index contributed by atoms with van der Waals surface area (Å²) in [6.45, 7) is 7.73. The summed E-state index contributed by atoms with van der Waals surface area (Å²) in [5, 5.41) is 3.56. The molecule has 1 spiro atoms. The monoisotopic (exact) mass is 155 g/mol. The van der Waals surface area contributed by atoms with Crippen LogP contribution in [0.5, 0.6) is 0 Å². The first-order valence-electron chi connectivity index (χ1n) is 4.45. The minimum atomic E-state index is 0.363. The molecule has 0 radical (unpaired) electrons. The molecule has 2 aliphatic rings. The first-order chi connectivity index (χ1) is 5.12. The summed E-state index contributed by atoms with van der Waals surface area (Å²) >= 11 is 0. The van der Waals surface area contributed by atoms with Crippen LogP contribution in [-0.2, 0) is 4.74 Å². The van der Waals surface area contributed by atoms with Crippen LogP contribution >= 0.6 is 0 Å². The molecular weight excluding hydrogens is 138 g/mol. The lowest BCUT2D eigenvalue weighted by Gasteiger charge is -2.50. The minimum absolute atomic E-state index is 0.363. The van der Waals surface area contributed by atoms with Crippen molar-refractivity contribution in [3.63, 3.8) is 0 Å². The molecule has 1 N–H and O–H groups in total. The van der Waals surface area contributed by atoms with E-state index >= 15 is 0 Å². The van der Waals surface area contributed by atoms with E-state index in [0.717, 1.165) is 19.8 Å². The fourth-order valence-electron chi connectivity index (χ4n) is 2.29. The van der Waals surface area contributed by atoms with E-state index in [0.29, 0.717) is 11.0 Å². The molecule has 0 aromatic carbocycles. The summed E-state index contributed by atoms with van der Waals surface area (Å²) in [4.78, 5) is 0. The van der Waals surface area contributed by atoms with Gasteiger partial charge >= 0.3 is 0 Å². The van der Waals surface area contributed by atoms with Crippen LogP contribution in [0.15, 0.2) is 0 Å². The fraction of sp³-hybridized carbons (Fsp3) is 1.00. The van der Waals surface area contributed by atoms with Gasteiger partial charge in [-0.1, -0.05) is 13.8 Å². The quantitative estimate of drug-likeness (QED) is 0.567. The average molecular weight is 155 g/mol. The summed E-state index contributed by atoms with van der Waals surface area (Å²) in [5.74, 6) is 0. The number of piperidine rings is 1. The molecule has 2 rings (SSSR count). The molecule has 2 fully saturated rings. The van der Waals surface area contributed by atoms with Crippen LogP contribution in [0.25, 0.3) is 0 Å². The predicted octanol–water partition coefficient (Wildman–Crippen LogP) is 1.17. The molecule has 2 heterocycles. The highest BCUT2D eigenvalue weighted by Gasteiger charge is 2.44. The van der Waals surface area contributed by atoms with Crippen LogP contribution in [0.2, 0.25) is 0 Å². The SMILES string of the molecule is CC1(C)CCNC2(COC2)C1. The van der Waals surface area contributed by atoms with E-state index in [1.54, 1.807) is 0 Å². The zero-order valence-corrected chi connectivity index (χ0v) is 7.44. The summed E-state index contributed by atoms with van der Waals surface area (Å²) in [7, 11) is 0. The van der Waals surface area contributed by atoms with Gasteiger partial charge in [0.05, 0.1) is 18.8 Å². The van der Waals surface area contributed by atoms with Gasteiger partial charge in [-0.2, -0.15) is 0 Å². The second kappa shape index (κ2) is 2.20. The molecule has 0 amide bonds. The molecule has 0 unspecified atom stereocenters. The van der Waals surface area contributed by atoms with Crippen LogP contribution < -0.4 is 5.32 Å². The molecule has 0 aliphatic carbocycles. The van der Waals surface area contributed by atoms with Crippen molar-refractivity contribution < 1.29 is 4.74 Å². The third-order valence-electron chi connectivity index (χ3n) is 2.88. The fourth-order valence-corrected chi connectivity index (χ4v) is 2.29. The van der Waals surface area contributed by atoms with E-state index in [4.69, 9.17) is 4.74 Å². The van der Waals surface area contributed by atoms with E-state index < -0.39 is 0 Å². The highest BCUT2D eigenvalue weighted by Crippen LogP contribution is 2.38. The normalized spacial score (nSPS) is 33.3. The van der Waals surface area contributed by atoms with Crippen molar-refractivity contribution in [1.29, 1.82) is 0 Å². The first-order valence-corrected chi connectivity index (χ1v) is 4.45. The summed E-state index contributed by atoms with van der Waals surface area (Å²) in [6, 6.07) is 0. The van der Waals surface area contributed by atoms with Crippen molar-refractivity contribution in [3.05, 3.63) is 0 Å².